The zero-order valence-corrected chi connectivity index (χ0v) is 11.9. The van der Waals surface area contributed by atoms with Gasteiger partial charge in [-0.05, 0) is 12.8 Å². The second-order valence-electron chi connectivity index (χ2n) is 5.72. The van der Waals surface area contributed by atoms with Crippen LogP contribution in [0.3, 0.4) is 0 Å². The molecule has 1 aromatic heterocycles. The minimum Gasteiger partial charge on any atom is -0.481 e. The predicted molar refractivity (Wildman–Crippen MR) is 72.3 cm³/mol. The molecule has 0 spiro atoms. The third kappa shape index (κ3) is 2.65. The summed E-state index contributed by atoms with van der Waals surface area (Å²) in [6, 6.07) is 0. The number of hydrogen-bond donors (Lipinski definition) is 1. The van der Waals surface area contributed by atoms with Crippen molar-refractivity contribution in [1.82, 2.24) is 14.7 Å². The van der Waals surface area contributed by atoms with Gasteiger partial charge in [-0.1, -0.05) is 0 Å². The van der Waals surface area contributed by atoms with Gasteiger partial charge in [0.2, 0.25) is 5.91 Å². The maximum absolute atomic E-state index is 12.5. The van der Waals surface area contributed by atoms with Crippen molar-refractivity contribution in [2.45, 2.75) is 18.9 Å². The average Bonchev–Trinajstić information content (AvgIpc) is 2.83. The summed E-state index contributed by atoms with van der Waals surface area (Å²) < 4.78 is 7.40. The Kier molecular flexibility index (Phi) is 3.67. The molecule has 7 heteroatoms. The number of carbonyl (C=O) groups excluding carboxylic acids is 1. The third-order valence-corrected chi connectivity index (χ3v) is 4.38. The summed E-state index contributed by atoms with van der Waals surface area (Å²) >= 11 is 0. The van der Waals surface area contributed by atoms with E-state index in [0.717, 1.165) is 5.56 Å². The molecule has 3 unspecified atom stereocenters. The first-order valence-electron chi connectivity index (χ1n) is 7.18. The van der Waals surface area contributed by atoms with Crippen molar-refractivity contribution in [2.75, 3.05) is 19.7 Å². The molecule has 2 aliphatic rings. The molecule has 3 rings (SSSR count). The van der Waals surface area contributed by atoms with Gasteiger partial charge in [0.05, 0.1) is 31.2 Å². The lowest BCUT2D eigenvalue weighted by atomic mass is 9.73. The van der Waals surface area contributed by atoms with E-state index in [9.17, 15) is 9.59 Å². The Balaban J connectivity index is 1.66. The van der Waals surface area contributed by atoms with Crippen molar-refractivity contribution in [3.8, 4) is 0 Å². The molecule has 2 heterocycles. The second kappa shape index (κ2) is 5.48. The van der Waals surface area contributed by atoms with Crippen LogP contribution in [0.2, 0.25) is 0 Å². The van der Waals surface area contributed by atoms with E-state index < -0.39 is 11.9 Å². The second-order valence-corrected chi connectivity index (χ2v) is 5.72. The molecule has 21 heavy (non-hydrogen) atoms. The van der Waals surface area contributed by atoms with Crippen LogP contribution in [0.5, 0.6) is 0 Å². The molecule has 0 bridgehead atoms. The van der Waals surface area contributed by atoms with E-state index in [0.29, 0.717) is 32.5 Å². The summed E-state index contributed by atoms with van der Waals surface area (Å²) in [5.74, 6) is -1.80. The molecule has 1 aliphatic heterocycles. The quantitative estimate of drug-likeness (QED) is 0.873. The fraction of sp³-hybridized carbons (Fsp3) is 0.643. The van der Waals surface area contributed by atoms with E-state index in [-0.39, 0.29) is 17.9 Å². The molecule has 1 aliphatic carbocycles. The van der Waals surface area contributed by atoms with Crippen molar-refractivity contribution < 1.29 is 19.4 Å². The maximum atomic E-state index is 12.5. The summed E-state index contributed by atoms with van der Waals surface area (Å²) in [5, 5.41) is 13.2. The first kappa shape index (κ1) is 14.1. The Morgan fingerprint density at radius 1 is 1.38 bits per heavy atom. The number of amides is 1. The molecule has 0 radical (unpaired) electrons. The van der Waals surface area contributed by atoms with Crippen LogP contribution >= 0.6 is 0 Å². The predicted octanol–water partition coefficient (Wildman–Crippen LogP) is 0.431. The lowest BCUT2D eigenvalue weighted by molar-refractivity contribution is -0.160. The van der Waals surface area contributed by atoms with Crippen molar-refractivity contribution in [3.63, 3.8) is 0 Å². The number of hydrogen-bond acceptors (Lipinski definition) is 4. The van der Waals surface area contributed by atoms with Crippen LogP contribution in [0.4, 0.5) is 0 Å². The largest absolute Gasteiger partial charge is 0.481 e. The summed E-state index contributed by atoms with van der Waals surface area (Å²) in [4.78, 5) is 25.3. The number of aromatic nitrogens is 2. The highest BCUT2D eigenvalue weighted by molar-refractivity contribution is 5.86. The normalized spacial score (nSPS) is 29.0. The number of rotatable bonds is 3. The van der Waals surface area contributed by atoms with Gasteiger partial charge in [0.1, 0.15) is 6.10 Å². The van der Waals surface area contributed by atoms with Crippen molar-refractivity contribution in [1.29, 1.82) is 0 Å². The molecular formula is C14H19N3O4. The van der Waals surface area contributed by atoms with E-state index >= 15 is 0 Å². The topological polar surface area (TPSA) is 84.7 Å². The number of ether oxygens (including phenoxy) is 1. The number of carbonyl (C=O) groups is 2. The van der Waals surface area contributed by atoms with Crippen LogP contribution in [-0.4, -0.2) is 51.4 Å². The fourth-order valence-electron chi connectivity index (χ4n) is 2.98. The minimum atomic E-state index is -0.864. The highest BCUT2D eigenvalue weighted by Crippen LogP contribution is 2.36. The Morgan fingerprint density at radius 2 is 2.14 bits per heavy atom. The number of nitrogens with zero attached hydrogens (tertiary/aromatic N) is 3. The Hall–Kier alpha value is -1.89. The SMILES string of the molecule is Cn1cc(C2CN(C(=O)C3CCC3C(=O)O)CCO2)cn1. The molecule has 2 fully saturated rings. The van der Waals surface area contributed by atoms with Crippen molar-refractivity contribution in [2.24, 2.45) is 18.9 Å². The maximum Gasteiger partial charge on any atom is 0.307 e. The Bertz CT molecular complexity index is 556. The summed E-state index contributed by atoms with van der Waals surface area (Å²) in [6.45, 7) is 1.46. The smallest absolute Gasteiger partial charge is 0.307 e. The average molecular weight is 293 g/mol. The molecule has 1 saturated heterocycles. The zero-order chi connectivity index (χ0) is 15.0. The van der Waals surface area contributed by atoms with Gasteiger partial charge in [0, 0.05) is 25.4 Å². The number of aliphatic carboxylic acids is 1. The highest BCUT2D eigenvalue weighted by atomic mass is 16.5. The first-order chi connectivity index (χ1) is 10.1. The van der Waals surface area contributed by atoms with E-state index in [4.69, 9.17) is 9.84 Å². The zero-order valence-electron chi connectivity index (χ0n) is 11.9. The Labute approximate surface area is 122 Å². The van der Waals surface area contributed by atoms with Gasteiger partial charge in [0.15, 0.2) is 0 Å². The van der Waals surface area contributed by atoms with Crippen LogP contribution in [0.15, 0.2) is 12.4 Å². The monoisotopic (exact) mass is 293 g/mol. The molecule has 3 atom stereocenters. The third-order valence-electron chi connectivity index (χ3n) is 4.38. The van der Waals surface area contributed by atoms with E-state index in [1.165, 1.54) is 0 Å². The number of carboxylic acid groups (broad SMARTS) is 1. The van der Waals surface area contributed by atoms with E-state index in [1.54, 1.807) is 15.8 Å². The number of carboxylic acids is 1. The first-order valence-corrected chi connectivity index (χ1v) is 7.18. The molecule has 0 aromatic carbocycles. The minimum absolute atomic E-state index is 0.0501. The standard InChI is InChI=1S/C14H19N3O4/c1-16-7-9(6-15-16)12-8-17(4-5-21-12)13(18)10-2-3-11(10)14(19)20/h6-7,10-12H,2-5,8H2,1H3,(H,19,20). The van der Waals surface area contributed by atoms with Gasteiger partial charge in [0.25, 0.3) is 0 Å². The van der Waals surface area contributed by atoms with Gasteiger partial charge in [-0.3, -0.25) is 14.3 Å². The lowest BCUT2D eigenvalue weighted by Crippen LogP contribution is -2.50. The van der Waals surface area contributed by atoms with Crippen LogP contribution in [0, 0.1) is 11.8 Å². The number of aryl methyl sites for hydroxylation is 1. The van der Waals surface area contributed by atoms with Crippen LogP contribution < -0.4 is 0 Å². The molecular weight excluding hydrogens is 274 g/mol. The lowest BCUT2D eigenvalue weighted by Gasteiger charge is -2.39. The van der Waals surface area contributed by atoms with E-state index in [2.05, 4.69) is 5.10 Å². The molecule has 1 N–H and O–H groups in total. The van der Waals surface area contributed by atoms with Gasteiger partial charge < -0.3 is 14.7 Å². The highest BCUT2D eigenvalue weighted by Gasteiger charge is 2.44. The molecule has 1 aromatic rings. The van der Waals surface area contributed by atoms with Crippen LogP contribution in [-0.2, 0) is 21.4 Å². The molecule has 7 nitrogen and oxygen atoms in total. The van der Waals surface area contributed by atoms with Gasteiger partial charge in [-0.2, -0.15) is 5.10 Å². The molecule has 114 valence electrons. The van der Waals surface area contributed by atoms with Crippen molar-refractivity contribution >= 4 is 11.9 Å². The van der Waals surface area contributed by atoms with Gasteiger partial charge >= 0.3 is 5.97 Å². The molecule has 1 saturated carbocycles. The van der Waals surface area contributed by atoms with Crippen LogP contribution in [0.25, 0.3) is 0 Å². The van der Waals surface area contributed by atoms with Gasteiger partial charge in [-0.25, -0.2) is 0 Å². The van der Waals surface area contributed by atoms with Crippen LogP contribution in [0.1, 0.15) is 24.5 Å². The summed E-state index contributed by atoms with van der Waals surface area (Å²) in [7, 11) is 1.83. The Morgan fingerprint density at radius 3 is 2.71 bits per heavy atom. The molecule has 1 amide bonds. The van der Waals surface area contributed by atoms with Gasteiger partial charge in [-0.15, -0.1) is 0 Å². The number of morpholine rings is 1. The van der Waals surface area contributed by atoms with E-state index in [1.807, 2.05) is 13.2 Å². The fourth-order valence-corrected chi connectivity index (χ4v) is 2.98. The summed E-state index contributed by atoms with van der Waals surface area (Å²) in [6.07, 6.45) is 4.71. The summed E-state index contributed by atoms with van der Waals surface area (Å²) in [5.41, 5.74) is 0.943. The van der Waals surface area contributed by atoms with Crippen molar-refractivity contribution in [3.05, 3.63) is 18.0 Å².